The molecule has 0 radical (unpaired) electrons. The number of hydrogen-bond donors (Lipinski definition) is 4. The van der Waals surface area contributed by atoms with E-state index in [0.29, 0.717) is 18.5 Å². The van der Waals surface area contributed by atoms with Crippen LogP contribution in [0.4, 0.5) is 8.78 Å². The summed E-state index contributed by atoms with van der Waals surface area (Å²) in [5.41, 5.74) is 0.0523. The van der Waals surface area contributed by atoms with Crippen molar-refractivity contribution in [1.29, 1.82) is 0 Å². The number of fused-ring (bicyclic) bond motifs is 1. The summed E-state index contributed by atoms with van der Waals surface area (Å²) in [6.45, 7) is 0.141. The molecule has 0 bridgehead atoms. The monoisotopic (exact) mass is 591 g/mol. The molecule has 4 amide bonds. The number of H-pyrrole nitrogens is 1. The summed E-state index contributed by atoms with van der Waals surface area (Å²) in [5, 5.41) is 8.53. The van der Waals surface area contributed by atoms with Crippen LogP contribution in [0.2, 0.25) is 0 Å². The molecule has 3 aromatic rings. The van der Waals surface area contributed by atoms with E-state index in [-0.39, 0.29) is 37.5 Å². The highest BCUT2D eigenvalue weighted by Gasteiger charge is 2.75. The summed E-state index contributed by atoms with van der Waals surface area (Å²) in [5.74, 6) is -7.30. The molecule has 1 spiro atoms. The number of halogens is 2. The lowest BCUT2D eigenvalue weighted by atomic mass is 9.94. The van der Waals surface area contributed by atoms with E-state index in [1.807, 2.05) is 6.07 Å². The molecule has 2 aliphatic heterocycles. The van der Waals surface area contributed by atoms with Crippen LogP contribution < -0.4 is 16.0 Å². The predicted molar refractivity (Wildman–Crippen MR) is 151 cm³/mol. The number of nitrogens with zero attached hydrogens (tertiary/aromatic N) is 1. The molecule has 10 nitrogen and oxygen atoms in total. The number of likely N-dealkylation sites (tertiary alicyclic amines) is 1. The summed E-state index contributed by atoms with van der Waals surface area (Å²) < 4.78 is 29.1. The van der Waals surface area contributed by atoms with Crippen LogP contribution in [-0.4, -0.2) is 70.4 Å². The number of carbonyl (C=O) groups is 5. The first-order valence-electron chi connectivity index (χ1n) is 14.3. The molecule has 2 aromatic carbocycles. The number of benzene rings is 2. The minimum atomic E-state index is -3.03. The largest absolute Gasteiger partial charge is 0.356 e. The fourth-order valence-electron chi connectivity index (χ4n) is 6.22. The second-order valence-corrected chi connectivity index (χ2v) is 11.7. The van der Waals surface area contributed by atoms with Crippen LogP contribution >= 0.6 is 0 Å². The third-order valence-corrected chi connectivity index (χ3v) is 8.80. The average Bonchev–Trinajstić information content (AvgIpc) is 3.48. The Morgan fingerprint density at radius 1 is 1.05 bits per heavy atom. The highest BCUT2D eigenvalue weighted by molar-refractivity contribution is 6.38. The van der Waals surface area contributed by atoms with Gasteiger partial charge in [0.1, 0.15) is 11.7 Å². The summed E-state index contributed by atoms with van der Waals surface area (Å²) >= 11 is 0. The number of alkyl halides is 2. The maximum absolute atomic E-state index is 14.5. The molecule has 2 saturated heterocycles. The number of aromatic amines is 1. The van der Waals surface area contributed by atoms with Crippen molar-refractivity contribution < 1.29 is 32.8 Å². The van der Waals surface area contributed by atoms with E-state index in [2.05, 4.69) is 20.9 Å². The molecular formula is C31H31F2N5O5. The topological polar surface area (TPSA) is 140 Å². The second kappa shape index (κ2) is 10.9. The van der Waals surface area contributed by atoms with Gasteiger partial charge < -0.3 is 25.8 Å². The first-order valence-corrected chi connectivity index (χ1v) is 14.3. The van der Waals surface area contributed by atoms with Gasteiger partial charge in [0.05, 0.1) is 11.5 Å². The standard InChI is InChI=1S/C31H31F2N5O5/c32-31(33)16-30(31)14-24(38(17-30)29(43)23-12-19-8-4-5-9-21(19)36-23)27(41)37-22(13-20-10-11-34-26(20)40)25(39)28(42)35-15-18-6-2-1-3-7-18/h1-9,12,20,22,24,36H,10-11,13-17H2,(H,34,40)(H,35,42)(H,37,41)/t20-,22-,24-,30+/m0/s1. The molecule has 12 heteroatoms. The van der Waals surface area contributed by atoms with Gasteiger partial charge in [0.25, 0.3) is 17.7 Å². The Morgan fingerprint density at radius 2 is 1.77 bits per heavy atom. The fraction of sp³-hybridized carbons (Fsp3) is 0.387. The molecule has 1 aromatic heterocycles. The lowest BCUT2D eigenvalue weighted by Crippen LogP contribution is -2.54. The van der Waals surface area contributed by atoms with E-state index >= 15 is 0 Å². The minimum Gasteiger partial charge on any atom is -0.356 e. The van der Waals surface area contributed by atoms with Gasteiger partial charge in [-0.05, 0) is 37.0 Å². The molecule has 3 aliphatic rings. The van der Waals surface area contributed by atoms with Gasteiger partial charge >= 0.3 is 0 Å². The summed E-state index contributed by atoms with van der Waals surface area (Å²) in [6, 6.07) is 15.0. The number of carbonyl (C=O) groups excluding carboxylic acids is 5. The normalized spacial score (nSPS) is 24.5. The van der Waals surface area contributed by atoms with Crippen molar-refractivity contribution in [3.05, 3.63) is 71.9 Å². The third kappa shape index (κ3) is 5.49. The number of aromatic nitrogens is 1. The van der Waals surface area contributed by atoms with E-state index < -0.39 is 59.3 Å². The van der Waals surface area contributed by atoms with Crippen LogP contribution in [0.5, 0.6) is 0 Å². The van der Waals surface area contributed by atoms with Crippen molar-refractivity contribution in [2.75, 3.05) is 13.1 Å². The Labute approximate surface area is 245 Å². The zero-order valence-corrected chi connectivity index (χ0v) is 23.2. The number of nitrogens with one attached hydrogen (secondary N) is 4. The Morgan fingerprint density at radius 3 is 2.44 bits per heavy atom. The first kappa shape index (κ1) is 28.5. The smallest absolute Gasteiger partial charge is 0.289 e. The molecule has 224 valence electrons. The van der Waals surface area contributed by atoms with Gasteiger partial charge in [-0.2, -0.15) is 0 Å². The van der Waals surface area contributed by atoms with Gasteiger partial charge in [0, 0.05) is 42.9 Å². The Balaban J connectivity index is 1.22. The highest BCUT2D eigenvalue weighted by atomic mass is 19.3. The maximum Gasteiger partial charge on any atom is 0.289 e. The van der Waals surface area contributed by atoms with E-state index in [0.717, 1.165) is 15.8 Å². The molecule has 4 N–H and O–H groups in total. The van der Waals surface area contributed by atoms with Crippen molar-refractivity contribution in [1.82, 2.24) is 25.8 Å². The molecule has 0 unspecified atom stereocenters. The number of hydrogen-bond acceptors (Lipinski definition) is 5. The van der Waals surface area contributed by atoms with Crippen LogP contribution in [0.1, 0.15) is 41.7 Å². The maximum atomic E-state index is 14.5. The zero-order valence-electron chi connectivity index (χ0n) is 23.2. The van der Waals surface area contributed by atoms with Gasteiger partial charge in [-0.15, -0.1) is 0 Å². The van der Waals surface area contributed by atoms with Crippen molar-refractivity contribution in [3.63, 3.8) is 0 Å². The SMILES string of the molecule is O=C(NCc1ccccc1)C(=O)[C@H](C[C@@H]1CCNC1=O)NC(=O)[C@@H]1C[C@]2(CN1C(=O)c1cc3ccccc3[nH]1)CC2(F)F. The number of rotatable bonds is 9. The van der Waals surface area contributed by atoms with Crippen molar-refractivity contribution in [2.45, 2.75) is 50.2 Å². The van der Waals surface area contributed by atoms with Gasteiger partial charge in [0.2, 0.25) is 17.6 Å². The molecule has 1 aliphatic carbocycles. The van der Waals surface area contributed by atoms with Crippen molar-refractivity contribution in [3.8, 4) is 0 Å². The van der Waals surface area contributed by atoms with Crippen LogP contribution in [0.25, 0.3) is 10.9 Å². The predicted octanol–water partition coefficient (Wildman–Crippen LogP) is 2.30. The molecule has 6 rings (SSSR count). The van der Waals surface area contributed by atoms with Crippen molar-refractivity contribution in [2.24, 2.45) is 11.3 Å². The number of para-hydroxylation sites is 1. The molecule has 1 saturated carbocycles. The van der Waals surface area contributed by atoms with Gasteiger partial charge in [0.15, 0.2) is 0 Å². The first-order chi connectivity index (χ1) is 20.6. The number of Topliss-reactive ketones (excluding diaryl/α,β-unsaturated/α-hetero) is 1. The lowest BCUT2D eigenvalue weighted by Gasteiger charge is -2.26. The Kier molecular flexibility index (Phi) is 7.23. The Hall–Kier alpha value is -4.61. The molecule has 3 heterocycles. The number of ketones is 1. The Bertz CT molecular complexity index is 1580. The quantitative estimate of drug-likeness (QED) is 0.283. The summed E-state index contributed by atoms with van der Waals surface area (Å²) in [7, 11) is 0. The number of amides is 4. The lowest BCUT2D eigenvalue weighted by molar-refractivity contribution is -0.141. The van der Waals surface area contributed by atoms with E-state index in [1.54, 1.807) is 54.6 Å². The fourth-order valence-corrected chi connectivity index (χ4v) is 6.22. The third-order valence-electron chi connectivity index (χ3n) is 8.80. The second-order valence-electron chi connectivity index (χ2n) is 11.7. The summed E-state index contributed by atoms with van der Waals surface area (Å²) in [4.78, 5) is 70.0. The zero-order chi connectivity index (χ0) is 30.4. The van der Waals surface area contributed by atoms with Gasteiger partial charge in [-0.1, -0.05) is 48.5 Å². The molecule has 3 fully saturated rings. The average molecular weight is 592 g/mol. The van der Waals surface area contributed by atoms with Crippen molar-refractivity contribution >= 4 is 40.3 Å². The van der Waals surface area contributed by atoms with E-state index in [9.17, 15) is 32.8 Å². The molecule has 4 atom stereocenters. The van der Waals surface area contributed by atoms with Crippen LogP contribution in [0.3, 0.4) is 0 Å². The van der Waals surface area contributed by atoms with Gasteiger partial charge in [-0.25, -0.2) is 8.78 Å². The minimum absolute atomic E-state index is 0.0724. The van der Waals surface area contributed by atoms with Crippen LogP contribution in [0.15, 0.2) is 60.7 Å². The highest BCUT2D eigenvalue weighted by Crippen LogP contribution is 2.66. The van der Waals surface area contributed by atoms with Gasteiger partial charge in [-0.3, -0.25) is 24.0 Å². The summed E-state index contributed by atoms with van der Waals surface area (Å²) in [6.07, 6.45) is -0.470. The van der Waals surface area contributed by atoms with Crippen LogP contribution in [0, 0.1) is 11.3 Å². The molecular weight excluding hydrogens is 560 g/mol. The van der Waals surface area contributed by atoms with E-state index in [4.69, 9.17) is 0 Å². The van der Waals surface area contributed by atoms with E-state index in [1.165, 1.54) is 0 Å². The molecule has 43 heavy (non-hydrogen) atoms. The van der Waals surface area contributed by atoms with Crippen LogP contribution in [-0.2, 0) is 25.7 Å².